The highest BCUT2D eigenvalue weighted by Crippen LogP contribution is 2.47. The Bertz CT molecular complexity index is 1030. The van der Waals surface area contributed by atoms with Crippen LogP contribution in [0, 0.1) is 0 Å². The van der Waals surface area contributed by atoms with Crippen molar-refractivity contribution in [1.82, 2.24) is 9.97 Å². The Kier molecular flexibility index (Phi) is 5.26. The molecule has 3 aliphatic rings. The first-order valence-corrected chi connectivity index (χ1v) is 11.3. The van der Waals surface area contributed by atoms with Gasteiger partial charge in [-0.2, -0.15) is 9.97 Å². The van der Waals surface area contributed by atoms with Crippen LogP contribution in [-0.2, 0) is 4.79 Å². The molecule has 0 spiro atoms. The maximum atomic E-state index is 13.0. The molecule has 2 aromatic rings. The van der Waals surface area contributed by atoms with Gasteiger partial charge in [-0.05, 0) is 56.7 Å². The van der Waals surface area contributed by atoms with E-state index in [2.05, 4.69) is 15.2 Å². The molecule has 31 heavy (non-hydrogen) atoms. The van der Waals surface area contributed by atoms with Crippen molar-refractivity contribution in [2.45, 2.75) is 51.4 Å². The monoisotopic (exact) mass is 419 g/mol. The zero-order chi connectivity index (χ0) is 21.4. The number of nitrogens with one attached hydrogen (secondary N) is 1. The van der Waals surface area contributed by atoms with Crippen LogP contribution in [0.25, 0.3) is 0 Å². The van der Waals surface area contributed by atoms with Crippen LogP contribution >= 0.6 is 0 Å². The Hall–Kier alpha value is -3.09. The molecule has 3 heterocycles. The number of benzene rings is 1. The quantitative estimate of drug-likeness (QED) is 0.773. The van der Waals surface area contributed by atoms with Crippen molar-refractivity contribution in [3.05, 3.63) is 46.7 Å². The molecule has 162 valence electrons. The lowest BCUT2D eigenvalue weighted by atomic mass is 9.76. The van der Waals surface area contributed by atoms with Crippen molar-refractivity contribution in [3.63, 3.8) is 0 Å². The highest BCUT2D eigenvalue weighted by molar-refractivity contribution is 6.01. The van der Waals surface area contributed by atoms with Crippen LogP contribution in [0.4, 0.5) is 17.6 Å². The predicted molar refractivity (Wildman–Crippen MR) is 121 cm³/mol. The Balaban J connectivity index is 1.61. The molecule has 1 aliphatic carbocycles. The van der Waals surface area contributed by atoms with Gasteiger partial charge in [0.25, 0.3) is 0 Å². The summed E-state index contributed by atoms with van der Waals surface area (Å²) in [5.41, 5.74) is 10.1. The van der Waals surface area contributed by atoms with E-state index in [1.807, 2.05) is 31.2 Å². The molecule has 0 radical (unpaired) electrons. The highest BCUT2D eigenvalue weighted by atomic mass is 16.5. The Morgan fingerprint density at radius 1 is 1.10 bits per heavy atom. The summed E-state index contributed by atoms with van der Waals surface area (Å²) < 4.78 is 5.61. The van der Waals surface area contributed by atoms with Gasteiger partial charge in [-0.25, -0.2) is 0 Å². The average molecular weight is 420 g/mol. The van der Waals surface area contributed by atoms with Gasteiger partial charge >= 0.3 is 0 Å². The highest BCUT2D eigenvalue weighted by Gasteiger charge is 2.38. The lowest BCUT2D eigenvalue weighted by molar-refractivity contribution is -0.116. The van der Waals surface area contributed by atoms with Gasteiger partial charge in [0.05, 0.1) is 6.61 Å². The number of hydrogen-bond acceptors (Lipinski definition) is 7. The molecular weight excluding hydrogens is 390 g/mol. The van der Waals surface area contributed by atoms with Crippen LogP contribution < -0.4 is 20.7 Å². The molecule has 2 aliphatic heterocycles. The Morgan fingerprint density at radius 3 is 2.61 bits per heavy atom. The van der Waals surface area contributed by atoms with Crippen LogP contribution in [0.15, 0.2) is 35.5 Å². The van der Waals surface area contributed by atoms with E-state index in [0.29, 0.717) is 24.8 Å². The summed E-state index contributed by atoms with van der Waals surface area (Å²) in [6.07, 6.45) is 5.80. The van der Waals surface area contributed by atoms with E-state index in [1.165, 1.54) is 6.42 Å². The Morgan fingerprint density at radius 2 is 1.87 bits per heavy atom. The number of ether oxygens (including phenoxy) is 1. The number of hydrogen-bond donors (Lipinski definition) is 2. The zero-order valence-corrected chi connectivity index (χ0v) is 18.0. The molecular formula is C24H29N5O2. The molecule has 7 heteroatoms. The van der Waals surface area contributed by atoms with Crippen molar-refractivity contribution in [2.75, 3.05) is 35.6 Å². The molecule has 1 atom stereocenters. The minimum atomic E-state index is -0.259. The van der Waals surface area contributed by atoms with Crippen molar-refractivity contribution in [2.24, 2.45) is 0 Å². The third-order valence-electron chi connectivity index (χ3n) is 6.43. The number of nitrogen functional groups attached to an aromatic ring is 1. The summed E-state index contributed by atoms with van der Waals surface area (Å²) >= 11 is 0. The molecule has 1 fully saturated rings. The van der Waals surface area contributed by atoms with E-state index in [9.17, 15) is 4.79 Å². The molecule has 0 amide bonds. The molecule has 1 saturated heterocycles. The fourth-order valence-corrected chi connectivity index (χ4v) is 4.96. The summed E-state index contributed by atoms with van der Waals surface area (Å²) in [5.74, 6) is 2.60. The Labute approximate surface area is 182 Å². The molecule has 3 N–H and O–H groups in total. The number of Topliss-reactive ketones (excluding diaryl/α,β-unsaturated/α-hetero) is 1. The van der Waals surface area contributed by atoms with E-state index < -0.39 is 0 Å². The second-order valence-corrected chi connectivity index (χ2v) is 8.45. The van der Waals surface area contributed by atoms with Gasteiger partial charge in [-0.3, -0.25) is 4.79 Å². The van der Waals surface area contributed by atoms with Gasteiger partial charge in [0.1, 0.15) is 17.4 Å². The van der Waals surface area contributed by atoms with Crippen LogP contribution in [0.2, 0.25) is 0 Å². The lowest BCUT2D eigenvalue weighted by Crippen LogP contribution is -2.33. The number of anilines is 3. The first-order valence-electron chi connectivity index (χ1n) is 11.3. The van der Waals surface area contributed by atoms with Crippen molar-refractivity contribution < 1.29 is 9.53 Å². The predicted octanol–water partition coefficient (Wildman–Crippen LogP) is 4.01. The van der Waals surface area contributed by atoms with E-state index in [-0.39, 0.29) is 11.7 Å². The maximum absolute atomic E-state index is 13.0. The number of rotatable bonds is 4. The number of ketones is 1. The third-order valence-corrected chi connectivity index (χ3v) is 6.43. The standard InChI is InChI=1S/C24H29N5O2/c1-2-31-16-11-9-15(10-12-16)19-20-17(7-6-8-18(20)30)26-23-21(19)22(25)27-24(28-23)29-13-4-3-5-14-29/h9-12,19H,2-8,13-14H2,1H3,(H3,25,26,27,28)/t19-/m1/s1. The summed E-state index contributed by atoms with van der Waals surface area (Å²) in [7, 11) is 0. The van der Waals surface area contributed by atoms with Gasteiger partial charge in [-0.1, -0.05) is 12.1 Å². The lowest BCUT2D eigenvalue weighted by Gasteiger charge is -2.35. The van der Waals surface area contributed by atoms with Crippen LogP contribution in [0.1, 0.15) is 62.5 Å². The van der Waals surface area contributed by atoms with Crippen LogP contribution in [0.5, 0.6) is 5.75 Å². The second kappa shape index (κ2) is 8.21. The normalized spacial score (nSPS) is 20.7. The number of nitrogens with zero attached hydrogens (tertiary/aromatic N) is 3. The van der Waals surface area contributed by atoms with Crippen LogP contribution in [0.3, 0.4) is 0 Å². The van der Waals surface area contributed by atoms with Gasteiger partial charge < -0.3 is 20.7 Å². The molecule has 0 bridgehead atoms. The summed E-state index contributed by atoms with van der Waals surface area (Å²) in [6.45, 7) is 4.48. The maximum Gasteiger partial charge on any atom is 0.229 e. The summed E-state index contributed by atoms with van der Waals surface area (Å²) in [6, 6.07) is 7.95. The second-order valence-electron chi connectivity index (χ2n) is 8.45. The van der Waals surface area contributed by atoms with Gasteiger partial charge in [0.15, 0.2) is 5.78 Å². The van der Waals surface area contributed by atoms with E-state index in [4.69, 9.17) is 15.5 Å². The number of nitrogens with two attached hydrogens (primary N) is 1. The summed E-state index contributed by atoms with van der Waals surface area (Å²) in [4.78, 5) is 24.8. The van der Waals surface area contributed by atoms with Crippen molar-refractivity contribution in [3.8, 4) is 5.75 Å². The van der Waals surface area contributed by atoms with Gasteiger partial charge in [-0.15, -0.1) is 0 Å². The molecule has 7 nitrogen and oxygen atoms in total. The van der Waals surface area contributed by atoms with E-state index in [1.54, 1.807) is 0 Å². The zero-order valence-electron chi connectivity index (χ0n) is 18.0. The molecule has 1 aromatic carbocycles. The molecule has 0 unspecified atom stereocenters. The van der Waals surface area contributed by atoms with Gasteiger partial charge in [0.2, 0.25) is 5.95 Å². The van der Waals surface area contributed by atoms with E-state index >= 15 is 0 Å². The minimum absolute atomic E-state index is 0.179. The topological polar surface area (TPSA) is 93.4 Å². The number of carbonyl (C=O) groups is 1. The summed E-state index contributed by atoms with van der Waals surface area (Å²) in [5, 5.41) is 3.46. The van der Waals surface area contributed by atoms with Crippen molar-refractivity contribution in [1.29, 1.82) is 0 Å². The van der Waals surface area contributed by atoms with Gasteiger partial charge in [0, 0.05) is 42.3 Å². The molecule has 0 saturated carbocycles. The number of carbonyl (C=O) groups excluding carboxylic acids is 1. The number of aromatic nitrogens is 2. The fourth-order valence-electron chi connectivity index (χ4n) is 4.96. The largest absolute Gasteiger partial charge is 0.494 e. The van der Waals surface area contributed by atoms with Crippen molar-refractivity contribution >= 4 is 23.4 Å². The van der Waals surface area contributed by atoms with E-state index in [0.717, 1.165) is 72.7 Å². The van der Waals surface area contributed by atoms with Crippen LogP contribution in [-0.4, -0.2) is 35.4 Å². The number of fused-ring (bicyclic) bond motifs is 1. The molecule has 5 rings (SSSR count). The average Bonchev–Trinajstić information content (AvgIpc) is 2.79. The smallest absolute Gasteiger partial charge is 0.229 e. The first kappa shape index (κ1) is 19.8. The number of allylic oxidation sites excluding steroid dienone is 2. The SMILES string of the molecule is CCOc1ccc([C@@H]2C3=C(CCCC3=O)Nc3nc(N4CCCCC4)nc(N)c32)cc1. The first-order chi connectivity index (χ1) is 15.2. The molecule has 1 aromatic heterocycles. The number of piperidine rings is 1. The third kappa shape index (κ3) is 3.62. The minimum Gasteiger partial charge on any atom is -0.494 e. The fraction of sp³-hybridized carbons (Fsp3) is 0.458.